The number of rotatable bonds is 5. The summed E-state index contributed by atoms with van der Waals surface area (Å²) in [5.41, 5.74) is 3.75. The lowest BCUT2D eigenvalue weighted by Crippen LogP contribution is -2.36. The standard InChI is InChI=1S/C23H25F3N2O2/c1-15-12-19(28-8-10-30-11-9-28)13-20(17-4-5-17)21(15)22(29)27-14-16-2-6-18(7-3-16)23(24,25)26/h2-3,6-7,12-13,17H,4-5,8-11,14H2,1H3,(H,27,29). The van der Waals surface area contributed by atoms with Crippen molar-refractivity contribution in [1.29, 1.82) is 0 Å². The van der Waals surface area contributed by atoms with E-state index < -0.39 is 11.7 Å². The highest BCUT2D eigenvalue weighted by Gasteiger charge is 2.31. The number of halogens is 3. The van der Waals surface area contributed by atoms with Gasteiger partial charge in [-0.1, -0.05) is 12.1 Å². The summed E-state index contributed by atoms with van der Waals surface area (Å²) in [5.74, 6) is 0.222. The fourth-order valence-electron chi connectivity index (χ4n) is 3.91. The van der Waals surface area contributed by atoms with Gasteiger partial charge >= 0.3 is 6.18 Å². The summed E-state index contributed by atoms with van der Waals surface area (Å²) in [6, 6.07) is 9.06. The molecular formula is C23H25F3N2O2. The van der Waals surface area contributed by atoms with Gasteiger partial charge in [-0.2, -0.15) is 13.2 Å². The van der Waals surface area contributed by atoms with Gasteiger partial charge in [-0.15, -0.1) is 0 Å². The van der Waals surface area contributed by atoms with Crippen LogP contribution in [0.4, 0.5) is 18.9 Å². The van der Waals surface area contributed by atoms with Gasteiger partial charge in [-0.05, 0) is 66.6 Å². The number of nitrogens with zero attached hydrogens (tertiary/aromatic N) is 1. The molecule has 7 heteroatoms. The van der Waals surface area contributed by atoms with Crippen molar-refractivity contribution in [2.45, 2.75) is 38.4 Å². The second kappa shape index (κ2) is 8.30. The molecule has 1 heterocycles. The van der Waals surface area contributed by atoms with E-state index in [-0.39, 0.29) is 12.5 Å². The minimum absolute atomic E-state index is 0.178. The third kappa shape index (κ3) is 4.61. The van der Waals surface area contributed by atoms with Crippen molar-refractivity contribution >= 4 is 11.6 Å². The Morgan fingerprint density at radius 2 is 1.80 bits per heavy atom. The van der Waals surface area contributed by atoms with Crippen LogP contribution >= 0.6 is 0 Å². The van der Waals surface area contributed by atoms with Crippen molar-refractivity contribution in [3.05, 3.63) is 64.2 Å². The molecule has 0 atom stereocenters. The van der Waals surface area contributed by atoms with Crippen LogP contribution in [0.5, 0.6) is 0 Å². The number of alkyl halides is 3. The summed E-state index contributed by atoms with van der Waals surface area (Å²) in [6.07, 6.45) is -2.21. The van der Waals surface area contributed by atoms with E-state index in [1.165, 1.54) is 12.1 Å². The van der Waals surface area contributed by atoms with Gasteiger partial charge in [0.25, 0.3) is 5.91 Å². The average molecular weight is 418 g/mol. The summed E-state index contributed by atoms with van der Waals surface area (Å²) in [6.45, 7) is 5.21. The summed E-state index contributed by atoms with van der Waals surface area (Å²) in [4.78, 5) is 15.3. The number of hydrogen-bond donors (Lipinski definition) is 1. The van der Waals surface area contributed by atoms with Crippen molar-refractivity contribution in [2.75, 3.05) is 31.2 Å². The Kier molecular flexibility index (Phi) is 5.73. The molecule has 1 aliphatic heterocycles. The maximum atomic E-state index is 13.0. The Hall–Kier alpha value is -2.54. The highest BCUT2D eigenvalue weighted by molar-refractivity contribution is 5.98. The zero-order chi connectivity index (χ0) is 21.3. The van der Waals surface area contributed by atoms with Crippen molar-refractivity contribution in [3.63, 3.8) is 0 Å². The molecule has 0 bridgehead atoms. The van der Waals surface area contributed by atoms with Crippen LogP contribution in [0.1, 0.15) is 51.4 Å². The molecule has 0 radical (unpaired) electrons. The van der Waals surface area contributed by atoms with Gasteiger partial charge in [0.15, 0.2) is 0 Å². The largest absolute Gasteiger partial charge is 0.416 e. The Morgan fingerprint density at radius 1 is 1.13 bits per heavy atom. The summed E-state index contributed by atoms with van der Waals surface area (Å²) in [5, 5.41) is 2.88. The van der Waals surface area contributed by atoms with Crippen LogP contribution in [0.2, 0.25) is 0 Å². The molecule has 1 aliphatic carbocycles. The SMILES string of the molecule is Cc1cc(N2CCOCC2)cc(C2CC2)c1C(=O)NCc1ccc(C(F)(F)F)cc1. The van der Waals surface area contributed by atoms with E-state index in [2.05, 4.69) is 16.3 Å². The topological polar surface area (TPSA) is 41.6 Å². The number of hydrogen-bond acceptors (Lipinski definition) is 3. The summed E-state index contributed by atoms with van der Waals surface area (Å²) >= 11 is 0. The van der Waals surface area contributed by atoms with Crippen LogP contribution in [-0.4, -0.2) is 32.2 Å². The molecule has 160 valence electrons. The zero-order valence-corrected chi connectivity index (χ0v) is 16.9. The van der Waals surface area contributed by atoms with Gasteiger partial charge in [0, 0.05) is 30.9 Å². The van der Waals surface area contributed by atoms with Gasteiger partial charge in [-0.3, -0.25) is 4.79 Å². The average Bonchev–Trinajstić information content (AvgIpc) is 3.57. The van der Waals surface area contributed by atoms with Gasteiger partial charge in [0.1, 0.15) is 0 Å². The number of carbonyl (C=O) groups is 1. The predicted molar refractivity (Wildman–Crippen MR) is 109 cm³/mol. The predicted octanol–water partition coefficient (Wildman–Crippen LogP) is 4.66. The second-order valence-corrected chi connectivity index (χ2v) is 7.98. The molecular weight excluding hydrogens is 393 g/mol. The van der Waals surface area contributed by atoms with E-state index in [0.717, 1.165) is 54.9 Å². The van der Waals surface area contributed by atoms with Gasteiger partial charge < -0.3 is 15.0 Å². The van der Waals surface area contributed by atoms with Crippen molar-refractivity contribution in [1.82, 2.24) is 5.32 Å². The molecule has 4 rings (SSSR count). The number of benzene rings is 2. The lowest BCUT2D eigenvalue weighted by molar-refractivity contribution is -0.137. The fraction of sp³-hybridized carbons (Fsp3) is 0.435. The first-order valence-electron chi connectivity index (χ1n) is 10.2. The van der Waals surface area contributed by atoms with E-state index in [9.17, 15) is 18.0 Å². The third-order valence-electron chi connectivity index (χ3n) is 5.71. The zero-order valence-electron chi connectivity index (χ0n) is 16.9. The van der Waals surface area contributed by atoms with Crippen LogP contribution in [0.3, 0.4) is 0 Å². The number of carbonyl (C=O) groups excluding carboxylic acids is 1. The Bertz CT molecular complexity index is 915. The molecule has 4 nitrogen and oxygen atoms in total. The maximum Gasteiger partial charge on any atom is 0.416 e. The molecule has 2 fully saturated rings. The smallest absolute Gasteiger partial charge is 0.378 e. The maximum absolute atomic E-state index is 13.0. The number of ether oxygens (including phenoxy) is 1. The summed E-state index contributed by atoms with van der Waals surface area (Å²) < 4.78 is 43.6. The fourth-order valence-corrected chi connectivity index (χ4v) is 3.91. The third-order valence-corrected chi connectivity index (χ3v) is 5.71. The lowest BCUT2D eigenvalue weighted by atomic mass is 9.96. The van der Waals surface area contributed by atoms with E-state index in [0.29, 0.717) is 30.3 Å². The van der Waals surface area contributed by atoms with E-state index >= 15 is 0 Å². The van der Waals surface area contributed by atoms with Crippen LogP contribution in [0, 0.1) is 6.92 Å². The lowest BCUT2D eigenvalue weighted by Gasteiger charge is -2.30. The molecule has 2 aromatic rings. The van der Waals surface area contributed by atoms with Crippen LogP contribution in [0.25, 0.3) is 0 Å². The molecule has 2 aromatic carbocycles. The Balaban J connectivity index is 1.50. The van der Waals surface area contributed by atoms with Crippen LogP contribution in [0.15, 0.2) is 36.4 Å². The molecule has 1 amide bonds. The molecule has 0 aromatic heterocycles. The summed E-state index contributed by atoms with van der Waals surface area (Å²) in [7, 11) is 0. The first-order chi connectivity index (χ1) is 14.3. The molecule has 0 unspecified atom stereocenters. The minimum Gasteiger partial charge on any atom is -0.378 e. The highest BCUT2D eigenvalue weighted by atomic mass is 19.4. The quantitative estimate of drug-likeness (QED) is 0.768. The Morgan fingerprint density at radius 3 is 2.40 bits per heavy atom. The van der Waals surface area contributed by atoms with Crippen molar-refractivity contribution in [3.8, 4) is 0 Å². The molecule has 2 aliphatic rings. The number of morpholine rings is 1. The van der Waals surface area contributed by atoms with E-state index in [1.54, 1.807) is 0 Å². The normalized spacial score (nSPS) is 17.1. The van der Waals surface area contributed by atoms with Gasteiger partial charge in [0.05, 0.1) is 18.8 Å². The number of aryl methyl sites for hydroxylation is 1. The van der Waals surface area contributed by atoms with E-state index in [4.69, 9.17) is 4.74 Å². The van der Waals surface area contributed by atoms with Crippen molar-refractivity contribution < 1.29 is 22.7 Å². The molecule has 30 heavy (non-hydrogen) atoms. The first-order valence-corrected chi connectivity index (χ1v) is 10.2. The minimum atomic E-state index is -4.36. The Labute approximate surface area is 174 Å². The van der Waals surface area contributed by atoms with E-state index in [1.807, 2.05) is 13.0 Å². The monoisotopic (exact) mass is 418 g/mol. The number of nitrogens with one attached hydrogen (secondary N) is 1. The molecule has 0 spiro atoms. The highest BCUT2D eigenvalue weighted by Crippen LogP contribution is 2.44. The van der Waals surface area contributed by atoms with Crippen molar-refractivity contribution in [2.24, 2.45) is 0 Å². The van der Waals surface area contributed by atoms with Crippen LogP contribution in [-0.2, 0) is 17.5 Å². The van der Waals surface area contributed by atoms with Gasteiger partial charge in [0.2, 0.25) is 0 Å². The second-order valence-electron chi connectivity index (χ2n) is 7.98. The van der Waals surface area contributed by atoms with Gasteiger partial charge in [-0.25, -0.2) is 0 Å². The first kappa shape index (κ1) is 20.7. The number of amides is 1. The molecule has 1 saturated carbocycles. The molecule has 1 saturated heterocycles. The van der Waals surface area contributed by atoms with Crippen LogP contribution < -0.4 is 10.2 Å². The molecule has 1 N–H and O–H groups in total. The number of anilines is 1.